The zero-order valence-electron chi connectivity index (χ0n) is 17.0. The molecular formula is C23H36O3. The summed E-state index contributed by atoms with van der Waals surface area (Å²) in [6.45, 7) is 9.04. The number of hydrogen-bond donors (Lipinski definition) is 1. The second-order valence-corrected chi connectivity index (χ2v) is 10.8. The van der Waals surface area contributed by atoms with Crippen LogP contribution in [0.3, 0.4) is 0 Å². The van der Waals surface area contributed by atoms with Gasteiger partial charge in [0.2, 0.25) is 0 Å². The normalized spacial score (nSPS) is 51.9. The molecule has 0 aromatic heterocycles. The van der Waals surface area contributed by atoms with Crippen LogP contribution in [-0.4, -0.2) is 16.9 Å². The molecule has 0 aromatic carbocycles. The van der Waals surface area contributed by atoms with Gasteiger partial charge in [0.15, 0.2) is 0 Å². The second-order valence-electron chi connectivity index (χ2n) is 10.8. The number of carbonyl (C=O) groups excluding carboxylic acids is 1. The highest BCUT2D eigenvalue weighted by Crippen LogP contribution is 2.67. The van der Waals surface area contributed by atoms with Gasteiger partial charge in [0, 0.05) is 12.3 Å². The Labute approximate surface area is 158 Å². The third kappa shape index (κ3) is 2.44. The number of Topliss-reactive ketones (excluding diaryl/α,β-unsaturated/α-hetero) is 1. The number of aliphatic carboxylic acids is 1. The van der Waals surface area contributed by atoms with Crippen LogP contribution in [-0.2, 0) is 9.59 Å². The van der Waals surface area contributed by atoms with Crippen molar-refractivity contribution < 1.29 is 14.7 Å². The Morgan fingerprint density at radius 1 is 1.08 bits per heavy atom. The SMILES string of the molecule is C[C@@H]1CC[C@@]2(C)[C@H](CC(=O)[C@@H]3[C@@H]2CC[C@]2(C)[C@@H]([C@H](C)C(=O)O)CC[C@@H]32)C1. The third-order valence-electron chi connectivity index (χ3n) is 9.80. The second kappa shape index (κ2) is 6.07. The van der Waals surface area contributed by atoms with E-state index in [4.69, 9.17) is 0 Å². The van der Waals surface area contributed by atoms with Gasteiger partial charge in [0.1, 0.15) is 5.78 Å². The van der Waals surface area contributed by atoms with Crippen LogP contribution in [0.25, 0.3) is 0 Å². The average molecular weight is 361 g/mol. The van der Waals surface area contributed by atoms with Crippen LogP contribution >= 0.6 is 0 Å². The Kier molecular flexibility index (Phi) is 4.32. The fourth-order valence-electron chi connectivity index (χ4n) is 8.18. The summed E-state index contributed by atoms with van der Waals surface area (Å²) >= 11 is 0. The molecule has 4 fully saturated rings. The molecule has 3 nitrogen and oxygen atoms in total. The average Bonchev–Trinajstić information content (AvgIpc) is 2.93. The van der Waals surface area contributed by atoms with Gasteiger partial charge < -0.3 is 5.11 Å². The molecule has 0 saturated heterocycles. The molecule has 146 valence electrons. The van der Waals surface area contributed by atoms with Gasteiger partial charge in [-0.1, -0.05) is 34.1 Å². The van der Waals surface area contributed by atoms with E-state index in [0.717, 1.165) is 38.0 Å². The molecule has 0 aliphatic heterocycles. The predicted molar refractivity (Wildman–Crippen MR) is 102 cm³/mol. The van der Waals surface area contributed by atoms with Crippen molar-refractivity contribution in [3.05, 3.63) is 0 Å². The highest BCUT2D eigenvalue weighted by atomic mass is 16.4. The summed E-state index contributed by atoms with van der Waals surface area (Å²) in [6.07, 6.45) is 8.90. The molecule has 0 spiro atoms. The van der Waals surface area contributed by atoms with E-state index >= 15 is 0 Å². The molecule has 1 N–H and O–H groups in total. The van der Waals surface area contributed by atoms with Crippen LogP contribution in [0.5, 0.6) is 0 Å². The maximum atomic E-state index is 13.3. The molecule has 3 heteroatoms. The number of carboxylic acids is 1. The van der Waals surface area contributed by atoms with Crippen molar-refractivity contribution in [1.29, 1.82) is 0 Å². The minimum Gasteiger partial charge on any atom is -0.481 e. The largest absolute Gasteiger partial charge is 0.481 e. The zero-order chi connectivity index (χ0) is 18.9. The Balaban J connectivity index is 1.65. The quantitative estimate of drug-likeness (QED) is 0.738. The highest BCUT2D eigenvalue weighted by Gasteiger charge is 2.63. The van der Waals surface area contributed by atoms with Crippen molar-refractivity contribution >= 4 is 11.8 Å². The van der Waals surface area contributed by atoms with Gasteiger partial charge in [0.25, 0.3) is 0 Å². The molecule has 0 bridgehead atoms. The standard InChI is InChI=1S/C23H36O3/c1-13-7-9-22(3)15(11-13)12-19(24)20-17-6-5-16(14(2)21(25)26)23(17,4)10-8-18(20)22/h13-18,20H,5-12H2,1-4H3,(H,25,26)/t13-,14+,15+,16-,17+,18+,20+,22+,23-/m1/s1. The third-order valence-corrected chi connectivity index (χ3v) is 9.80. The Morgan fingerprint density at radius 2 is 1.73 bits per heavy atom. The van der Waals surface area contributed by atoms with Gasteiger partial charge in [-0.25, -0.2) is 0 Å². The van der Waals surface area contributed by atoms with E-state index in [-0.39, 0.29) is 23.2 Å². The maximum absolute atomic E-state index is 13.3. The monoisotopic (exact) mass is 360 g/mol. The molecule has 9 atom stereocenters. The zero-order valence-corrected chi connectivity index (χ0v) is 17.0. The van der Waals surface area contributed by atoms with Crippen LogP contribution in [0.15, 0.2) is 0 Å². The van der Waals surface area contributed by atoms with Crippen molar-refractivity contribution in [2.75, 3.05) is 0 Å². The van der Waals surface area contributed by atoms with Gasteiger partial charge in [0.05, 0.1) is 5.92 Å². The molecule has 4 rings (SSSR count). The first-order valence-electron chi connectivity index (χ1n) is 10.9. The van der Waals surface area contributed by atoms with Crippen LogP contribution in [0.2, 0.25) is 0 Å². The first kappa shape index (κ1) is 18.5. The fourth-order valence-corrected chi connectivity index (χ4v) is 8.18. The molecule has 0 amide bonds. The van der Waals surface area contributed by atoms with Gasteiger partial charge >= 0.3 is 5.97 Å². The van der Waals surface area contributed by atoms with E-state index in [9.17, 15) is 14.7 Å². The lowest BCUT2D eigenvalue weighted by molar-refractivity contribution is -0.160. The van der Waals surface area contributed by atoms with Crippen molar-refractivity contribution in [3.8, 4) is 0 Å². The summed E-state index contributed by atoms with van der Waals surface area (Å²) in [4.78, 5) is 25.0. The van der Waals surface area contributed by atoms with Crippen molar-refractivity contribution in [2.24, 2.45) is 52.3 Å². The van der Waals surface area contributed by atoms with E-state index in [1.165, 1.54) is 19.3 Å². The lowest BCUT2D eigenvalue weighted by atomic mass is 9.43. The van der Waals surface area contributed by atoms with Crippen molar-refractivity contribution in [3.63, 3.8) is 0 Å². The number of rotatable bonds is 2. The summed E-state index contributed by atoms with van der Waals surface area (Å²) in [7, 11) is 0. The predicted octanol–water partition coefficient (Wildman–Crippen LogP) is 5.18. The van der Waals surface area contributed by atoms with E-state index in [1.54, 1.807) is 0 Å². The summed E-state index contributed by atoms with van der Waals surface area (Å²) in [5.74, 6) is 2.30. The minimum absolute atomic E-state index is 0.0415. The molecule has 4 aliphatic rings. The van der Waals surface area contributed by atoms with Crippen molar-refractivity contribution in [1.82, 2.24) is 0 Å². The molecule has 26 heavy (non-hydrogen) atoms. The topological polar surface area (TPSA) is 54.4 Å². The summed E-state index contributed by atoms with van der Waals surface area (Å²) < 4.78 is 0. The number of fused-ring (bicyclic) bond motifs is 5. The molecule has 4 saturated carbocycles. The van der Waals surface area contributed by atoms with E-state index in [0.29, 0.717) is 29.0 Å². The van der Waals surface area contributed by atoms with Crippen LogP contribution in [0.4, 0.5) is 0 Å². The fraction of sp³-hybridized carbons (Fsp3) is 0.913. The smallest absolute Gasteiger partial charge is 0.306 e. The van der Waals surface area contributed by atoms with E-state index < -0.39 is 5.97 Å². The molecule has 0 unspecified atom stereocenters. The summed E-state index contributed by atoms with van der Waals surface area (Å²) in [6, 6.07) is 0. The number of ketones is 1. The number of carbonyl (C=O) groups is 2. The first-order chi connectivity index (χ1) is 12.2. The van der Waals surface area contributed by atoms with Gasteiger partial charge in [-0.15, -0.1) is 0 Å². The minimum atomic E-state index is -0.665. The number of carboxylic acid groups (broad SMARTS) is 1. The molecular weight excluding hydrogens is 324 g/mol. The van der Waals surface area contributed by atoms with Crippen LogP contribution < -0.4 is 0 Å². The highest BCUT2D eigenvalue weighted by molar-refractivity contribution is 5.83. The molecule has 0 heterocycles. The molecule has 0 radical (unpaired) electrons. The van der Waals surface area contributed by atoms with E-state index in [1.807, 2.05) is 6.92 Å². The summed E-state index contributed by atoms with van der Waals surface area (Å²) in [5, 5.41) is 9.58. The molecule has 4 aliphatic carbocycles. The molecule has 0 aromatic rings. The number of hydrogen-bond acceptors (Lipinski definition) is 2. The van der Waals surface area contributed by atoms with Crippen LogP contribution in [0.1, 0.15) is 79.1 Å². The van der Waals surface area contributed by atoms with Gasteiger partial charge in [-0.2, -0.15) is 0 Å². The Morgan fingerprint density at radius 3 is 2.42 bits per heavy atom. The lowest BCUT2D eigenvalue weighted by Crippen LogP contribution is -2.57. The van der Waals surface area contributed by atoms with E-state index in [2.05, 4.69) is 20.8 Å². The van der Waals surface area contributed by atoms with Gasteiger partial charge in [-0.05, 0) is 78.9 Å². The maximum Gasteiger partial charge on any atom is 0.306 e. The van der Waals surface area contributed by atoms with Gasteiger partial charge in [-0.3, -0.25) is 9.59 Å². The lowest BCUT2D eigenvalue weighted by Gasteiger charge is -2.60. The Hall–Kier alpha value is -0.860. The summed E-state index contributed by atoms with van der Waals surface area (Å²) in [5.41, 5.74) is 0.378. The first-order valence-corrected chi connectivity index (χ1v) is 10.9. The van der Waals surface area contributed by atoms with Crippen molar-refractivity contribution in [2.45, 2.75) is 79.1 Å². The Bertz CT molecular complexity index is 613. The van der Waals surface area contributed by atoms with Crippen LogP contribution in [0, 0.1) is 52.3 Å².